The van der Waals surface area contributed by atoms with Crippen molar-refractivity contribution in [1.82, 2.24) is 4.90 Å². The van der Waals surface area contributed by atoms with Crippen molar-refractivity contribution in [2.45, 2.75) is 25.2 Å². The van der Waals surface area contributed by atoms with E-state index in [0.717, 1.165) is 12.1 Å². The van der Waals surface area contributed by atoms with Gasteiger partial charge in [-0.3, -0.25) is 4.79 Å². The standard InChI is InChI=1S/C21H22BrN3O5/c1-25-14-5-4-6-15(26)20(14)19(12(9-23)21(25)24)11-7-16(28-2)17(8-13(11)22)30-10-18(27)29-3/h7-8,19H,4-6,10,24H2,1-3H3/t19-/m1/s1. The van der Waals surface area contributed by atoms with E-state index in [9.17, 15) is 14.9 Å². The molecular weight excluding hydrogens is 454 g/mol. The van der Waals surface area contributed by atoms with E-state index in [4.69, 9.17) is 15.2 Å². The summed E-state index contributed by atoms with van der Waals surface area (Å²) in [5, 5.41) is 9.86. The molecule has 0 saturated carbocycles. The molecule has 0 fully saturated rings. The van der Waals surface area contributed by atoms with Crippen LogP contribution in [0.3, 0.4) is 0 Å². The Labute approximate surface area is 183 Å². The van der Waals surface area contributed by atoms with E-state index in [2.05, 4.69) is 26.7 Å². The molecule has 0 unspecified atom stereocenters. The van der Waals surface area contributed by atoms with Crippen LogP contribution in [0.2, 0.25) is 0 Å². The number of allylic oxidation sites excluding steroid dienone is 3. The van der Waals surface area contributed by atoms with Gasteiger partial charge in [-0.25, -0.2) is 4.79 Å². The lowest BCUT2D eigenvalue weighted by Crippen LogP contribution is -2.36. The van der Waals surface area contributed by atoms with Gasteiger partial charge < -0.3 is 24.8 Å². The van der Waals surface area contributed by atoms with Gasteiger partial charge in [-0.05, 0) is 30.5 Å². The fraction of sp³-hybridized carbons (Fsp3) is 0.381. The summed E-state index contributed by atoms with van der Waals surface area (Å²) in [4.78, 5) is 26.0. The Bertz CT molecular complexity index is 1010. The van der Waals surface area contributed by atoms with Crippen molar-refractivity contribution >= 4 is 27.7 Å². The number of hydrogen-bond acceptors (Lipinski definition) is 8. The Hall–Kier alpha value is -2.99. The largest absolute Gasteiger partial charge is 0.493 e. The highest BCUT2D eigenvalue weighted by atomic mass is 79.9. The maximum Gasteiger partial charge on any atom is 0.343 e. The number of hydrogen-bond donors (Lipinski definition) is 1. The molecule has 0 amide bonds. The second-order valence-electron chi connectivity index (χ2n) is 6.93. The van der Waals surface area contributed by atoms with E-state index in [1.54, 1.807) is 24.1 Å². The van der Waals surface area contributed by atoms with Crippen molar-refractivity contribution in [1.29, 1.82) is 5.26 Å². The molecule has 30 heavy (non-hydrogen) atoms. The van der Waals surface area contributed by atoms with Gasteiger partial charge in [0.15, 0.2) is 23.9 Å². The van der Waals surface area contributed by atoms with Crippen LogP contribution >= 0.6 is 15.9 Å². The summed E-state index contributed by atoms with van der Waals surface area (Å²) in [5.41, 5.74) is 8.66. The molecule has 1 heterocycles. The number of benzene rings is 1. The third kappa shape index (κ3) is 3.75. The van der Waals surface area contributed by atoms with Crippen LogP contribution in [0.4, 0.5) is 0 Å². The lowest BCUT2D eigenvalue weighted by atomic mass is 9.76. The first-order valence-corrected chi connectivity index (χ1v) is 10.1. The number of carbonyl (C=O) groups is 2. The minimum absolute atomic E-state index is 0.00485. The minimum atomic E-state index is -0.619. The van der Waals surface area contributed by atoms with E-state index in [0.29, 0.717) is 51.3 Å². The van der Waals surface area contributed by atoms with Gasteiger partial charge in [-0.1, -0.05) is 15.9 Å². The minimum Gasteiger partial charge on any atom is -0.493 e. The number of nitriles is 1. The molecule has 1 aromatic rings. The Morgan fingerprint density at radius 2 is 2.07 bits per heavy atom. The predicted octanol–water partition coefficient (Wildman–Crippen LogP) is 2.74. The van der Waals surface area contributed by atoms with Crippen molar-refractivity contribution in [2.75, 3.05) is 27.9 Å². The van der Waals surface area contributed by atoms with Gasteiger partial charge in [0.2, 0.25) is 0 Å². The van der Waals surface area contributed by atoms with Crippen molar-refractivity contribution in [3.8, 4) is 17.6 Å². The first kappa shape index (κ1) is 21.7. The first-order chi connectivity index (χ1) is 14.3. The van der Waals surface area contributed by atoms with Gasteiger partial charge in [0.05, 0.1) is 31.8 Å². The molecule has 0 bridgehead atoms. The summed E-state index contributed by atoms with van der Waals surface area (Å²) >= 11 is 3.53. The van der Waals surface area contributed by atoms with Crippen molar-refractivity contribution in [3.05, 3.63) is 44.8 Å². The Morgan fingerprint density at radius 3 is 2.70 bits per heavy atom. The highest BCUT2D eigenvalue weighted by molar-refractivity contribution is 9.10. The summed E-state index contributed by atoms with van der Waals surface area (Å²) in [7, 11) is 4.52. The third-order valence-electron chi connectivity index (χ3n) is 5.34. The smallest absolute Gasteiger partial charge is 0.343 e. The Balaban J connectivity index is 2.14. The number of rotatable bonds is 5. The van der Waals surface area contributed by atoms with Gasteiger partial charge in [-0.2, -0.15) is 5.26 Å². The lowest BCUT2D eigenvalue weighted by Gasteiger charge is -2.38. The molecule has 2 aliphatic rings. The monoisotopic (exact) mass is 475 g/mol. The van der Waals surface area contributed by atoms with Crippen LogP contribution in [-0.2, 0) is 14.3 Å². The molecule has 0 saturated heterocycles. The number of esters is 1. The van der Waals surface area contributed by atoms with E-state index in [1.165, 1.54) is 14.2 Å². The number of ether oxygens (including phenoxy) is 3. The number of nitrogens with two attached hydrogens (primary N) is 1. The number of carbonyl (C=O) groups excluding carboxylic acids is 2. The molecule has 8 nitrogen and oxygen atoms in total. The first-order valence-electron chi connectivity index (χ1n) is 9.30. The zero-order valence-electron chi connectivity index (χ0n) is 17.0. The number of nitrogens with zero attached hydrogens (tertiary/aromatic N) is 2. The molecule has 2 N–H and O–H groups in total. The van der Waals surface area contributed by atoms with Crippen LogP contribution in [0.15, 0.2) is 39.3 Å². The zero-order chi connectivity index (χ0) is 22.0. The van der Waals surface area contributed by atoms with Crippen LogP contribution in [0.25, 0.3) is 0 Å². The van der Waals surface area contributed by atoms with Gasteiger partial charge in [0.25, 0.3) is 0 Å². The van der Waals surface area contributed by atoms with E-state index in [-0.39, 0.29) is 12.4 Å². The zero-order valence-corrected chi connectivity index (χ0v) is 18.5. The van der Waals surface area contributed by atoms with E-state index >= 15 is 0 Å². The highest BCUT2D eigenvalue weighted by Crippen LogP contribution is 2.48. The quantitative estimate of drug-likeness (QED) is 0.646. The van der Waals surface area contributed by atoms with Crippen molar-refractivity contribution in [3.63, 3.8) is 0 Å². The summed E-state index contributed by atoms with van der Waals surface area (Å²) < 4.78 is 16.1. The molecule has 158 valence electrons. The average Bonchev–Trinajstić information content (AvgIpc) is 2.74. The molecule has 0 aromatic heterocycles. The summed E-state index contributed by atoms with van der Waals surface area (Å²) in [5.74, 6) is -0.133. The SMILES string of the molecule is COC(=O)COc1cc(Br)c([C@@H]2C(C#N)=C(N)N(C)C3=C2C(=O)CCC3)cc1OC. The Morgan fingerprint density at radius 1 is 1.33 bits per heavy atom. The maximum absolute atomic E-state index is 12.9. The second-order valence-corrected chi connectivity index (χ2v) is 7.78. The van der Waals surface area contributed by atoms with Crippen LogP contribution in [0.5, 0.6) is 11.5 Å². The maximum atomic E-state index is 12.9. The summed E-state index contributed by atoms with van der Waals surface area (Å²) in [6, 6.07) is 5.53. The van der Waals surface area contributed by atoms with Crippen LogP contribution in [0.1, 0.15) is 30.7 Å². The molecule has 0 radical (unpaired) electrons. The normalized spacial score (nSPS) is 18.7. The topological polar surface area (TPSA) is 115 Å². The number of Topliss-reactive ketones (excluding diaryl/α,β-unsaturated/α-hetero) is 1. The van der Waals surface area contributed by atoms with E-state index in [1.807, 2.05) is 0 Å². The number of halogens is 1. The fourth-order valence-electron chi connectivity index (χ4n) is 3.81. The second kappa shape index (κ2) is 8.79. The van der Waals surface area contributed by atoms with Crippen LogP contribution in [0, 0.1) is 11.3 Å². The number of ketones is 1. The summed E-state index contributed by atoms with van der Waals surface area (Å²) in [6.07, 6.45) is 1.88. The molecule has 1 aliphatic heterocycles. The molecule has 1 aliphatic carbocycles. The molecule has 1 aromatic carbocycles. The fourth-order valence-corrected chi connectivity index (χ4v) is 4.37. The number of methoxy groups -OCH3 is 2. The summed E-state index contributed by atoms with van der Waals surface area (Å²) in [6.45, 7) is -0.281. The van der Waals surface area contributed by atoms with Crippen LogP contribution in [-0.4, -0.2) is 44.5 Å². The average molecular weight is 476 g/mol. The predicted molar refractivity (Wildman–Crippen MR) is 111 cm³/mol. The molecule has 0 spiro atoms. The van der Waals surface area contributed by atoms with Crippen molar-refractivity contribution < 1.29 is 23.8 Å². The third-order valence-corrected chi connectivity index (χ3v) is 6.02. The van der Waals surface area contributed by atoms with Gasteiger partial charge >= 0.3 is 5.97 Å². The van der Waals surface area contributed by atoms with Gasteiger partial charge in [0.1, 0.15) is 5.82 Å². The molecule has 3 rings (SSSR count). The lowest BCUT2D eigenvalue weighted by molar-refractivity contribution is -0.142. The molecule has 1 atom stereocenters. The van der Waals surface area contributed by atoms with Gasteiger partial charge in [-0.15, -0.1) is 0 Å². The molecule has 9 heteroatoms. The van der Waals surface area contributed by atoms with Crippen molar-refractivity contribution in [2.24, 2.45) is 5.73 Å². The highest BCUT2D eigenvalue weighted by Gasteiger charge is 2.39. The van der Waals surface area contributed by atoms with E-state index < -0.39 is 11.9 Å². The Kier molecular flexibility index (Phi) is 6.37. The van der Waals surface area contributed by atoms with Gasteiger partial charge in [0, 0.05) is 29.2 Å². The van der Waals surface area contributed by atoms with Crippen LogP contribution < -0.4 is 15.2 Å². The molecular formula is C21H22BrN3O5.